The van der Waals surface area contributed by atoms with E-state index in [2.05, 4.69) is 108 Å². The molecule has 0 spiro atoms. The number of rotatable bonds is 9. The Hall–Kier alpha value is -4.63. The second kappa shape index (κ2) is 11.6. The Morgan fingerprint density at radius 1 is 0.721 bits per heavy atom. The summed E-state index contributed by atoms with van der Waals surface area (Å²) in [7, 11) is 0. The molecule has 0 radical (unpaired) electrons. The van der Waals surface area contributed by atoms with Gasteiger partial charge < -0.3 is 9.97 Å². The van der Waals surface area contributed by atoms with E-state index >= 15 is 0 Å². The van der Waals surface area contributed by atoms with E-state index in [1.807, 2.05) is 18.2 Å². The van der Waals surface area contributed by atoms with Crippen molar-refractivity contribution in [1.82, 2.24) is 9.97 Å². The first kappa shape index (κ1) is 27.2. The summed E-state index contributed by atoms with van der Waals surface area (Å²) >= 11 is 0. The first-order valence-corrected chi connectivity index (χ1v) is 15.7. The Morgan fingerprint density at radius 2 is 1.42 bits per heavy atom. The van der Waals surface area contributed by atoms with Gasteiger partial charge in [0.25, 0.3) is 5.56 Å². The van der Waals surface area contributed by atoms with E-state index in [0.717, 1.165) is 41.6 Å². The second-order valence-corrected chi connectivity index (χ2v) is 12.1. The lowest BCUT2D eigenvalue weighted by Crippen LogP contribution is -2.34. The summed E-state index contributed by atoms with van der Waals surface area (Å²) in [6.45, 7) is 2.26. The van der Waals surface area contributed by atoms with Gasteiger partial charge >= 0.3 is 0 Å². The van der Waals surface area contributed by atoms with E-state index in [0.29, 0.717) is 5.56 Å². The Labute approximate surface area is 253 Å². The van der Waals surface area contributed by atoms with Crippen LogP contribution in [0.3, 0.4) is 0 Å². The summed E-state index contributed by atoms with van der Waals surface area (Å²) in [6.07, 6.45) is 10.0. The van der Waals surface area contributed by atoms with Crippen LogP contribution in [0.2, 0.25) is 0 Å². The number of aryl methyl sites for hydroxylation is 2. The maximum Gasteiger partial charge on any atom is 0.257 e. The van der Waals surface area contributed by atoms with E-state index in [4.69, 9.17) is 0 Å². The highest BCUT2D eigenvalue weighted by Gasteiger charge is 2.38. The van der Waals surface area contributed by atoms with Crippen LogP contribution >= 0.6 is 0 Å². The van der Waals surface area contributed by atoms with Crippen molar-refractivity contribution in [3.05, 3.63) is 142 Å². The first-order valence-electron chi connectivity index (χ1n) is 15.7. The van der Waals surface area contributed by atoms with Crippen molar-refractivity contribution >= 4 is 10.9 Å². The van der Waals surface area contributed by atoms with Crippen LogP contribution in [0, 0.1) is 0 Å². The van der Waals surface area contributed by atoms with Crippen molar-refractivity contribution in [3.63, 3.8) is 0 Å². The van der Waals surface area contributed by atoms with Gasteiger partial charge in [0.1, 0.15) is 0 Å². The second-order valence-electron chi connectivity index (χ2n) is 12.1. The average Bonchev–Trinajstić information content (AvgIpc) is 3.41. The fourth-order valence-electron chi connectivity index (χ4n) is 7.08. The molecule has 0 bridgehead atoms. The molecule has 2 aromatic heterocycles. The Kier molecular flexibility index (Phi) is 7.32. The van der Waals surface area contributed by atoms with Crippen molar-refractivity contribution in [2.24, 2.45) is 0 Å². The summed E-state index contributed by atoms with van der Waals surface area (Å²) in [5, 5.41) is 1.18. The van der Waals surface area contributed by atoms with Gasteiger partial charge in [0.15, 0.2) is 0 Å². The molecule has 3 heteroatoms. The number of pyridine rings is 1. The molecule has 0 saturated heterocycles. The molecule has 3 nitrogen and oxygen atoms in total. The first-order chi connectivity index (χ1) is 21.1. The van der Waals surface area contributed by atoms with Crippen molar-refractivity contribution in [1.29, 1.82) is 0 Å². The minimum absolute atomic E-state index is 0.0855. The molecular weight excluding hydrogens is 524 g/mol. The predicted molar refractivity (Wildman–Crippen MR) is 180 cm³/mol. The zero-order valence-corrected chi connectivity index (χ0v) is 24.8. The molecule has 2 heterocycles. The molecule has 0 atom stereocenters. The van der Waals surface area contributed by atoms with E-state index in [-0.39, 0.29) is 11.0 Å². The van der Waals surface area contributed by atoms with Crippen molar-refractivity contribution in [2.75, 3.05) is 0 Å². The lowest BCUT2D eigenvalue weighted by Gasteiger charge is -2.43. The van der Waals surface area contributed by atoms with Gasteiger partial charge in [-0.15, -0.1) is 0 Å². The van der Waals surface area contributed by atoms with Crippen LogP contribution in [0.15, 0.2) is 120 Å². The van der Waals surface area contributed by atoms with Crippen LogP contribution in [-0.2, 0) is 18.3 Å². The van der Waals surface area contributed by atoms with Crippen molar-refractivity contribution < 1.29 is 0 Å². The molecule has 0 aliphatic heterocycles. The normalized spacial score (nSPS) is 14.1. The monoisotopic (exact) mass is 562 g/mol. The summed E-state index contributed by atoms with van der Waals surface area (Å²) in [4.78, 5) is 19.5. The summed E-state index contributed by atoms with van der Waals surface area (Å²) in [5.74, 6) is 0. The highest BCUT2D eigenvalue weighted by atomic mass is 16.1. The largest absolute Gasteiger partial charge is 0.354 e. The quantitative estimate of drug-likeness (QED) is 0.181. The molecule has 1 aliphatic rings. The SMILES string of the molecule is CCCc1ccccc1CCC1(c2ccc3[nH]c(-c4ccc[nH]c4=O)c(-c4ccc(-c5ccccc5)cc4)c3c2)CCC1. The summed E-state index contributed by atoms with van der Waals surface area (Å²) in [6, 6.07) is 39.0. The van der Waals surface area contributed by atoms with Gasteiger partial charge in [-0.05, 0) is 95.2 Å². The third-order valence-corrected chi connectivity index (χ3v) is 9.60. The number of aromatic nitrogens is 2. The molecular formula is C40H38N2O. The standard InChI is InChI=1S/C40H38N2O/c1-2-10-28-13-6-7-14-30(28)22-25-40(23-9-24-40)33-20-21-36-35(27-33)37(38(42-36)34-15-8-26-41-39(34)43)32-18-16-31(17-19-32)29-11-4-3-5-12-29/h3-8,11-21,26-27,42H,2,9-10,22-25H2,1H3,(H,41,43). The number of benzene rings is 4. The molecule has 0 amide bonds. The lowest BCUT2D eigenvalue weighted by molar-refractivity contribution is 0.226. The van der Waals surface area contributed by atoms with Crippen molar-refractivity contribution in [2.45, 2.75) is 57.3 Å². The van der Waals surface area contributed by atoms with Gasteiger partial charge in [-0.2, -0.15) is 0 Å². The van der Waals surface area contributed by atoms with Crippen LogP contribution in [0.5, 0.6) is 0 Å². The van der Waals surface area contributed by atoms with Crippen LogP contribution in [0.4, 0.5) is 0 Å². The maximum absolute atomic E-state index is 13.0. The third-order valence-electron chi connectivity index (χ3n) is 9.60. The minimum atomic E-state index is -0.0855. The predicted octanol–water partition coefficient (Wildman–Crippen LogP) is 9.86. The van der Waals surface area contributed by atoms with E-state index < -0.39 is 0 Å². The topological polar surface area (TPSA) is 48.6 Å². The molecule has 1 aliphatic carbocycles. The molecule has 43 heavy (non-hydrogen) atoms. The molecule has 6 aromatic rings. The van der Waals surface area contributed by atoms with Gasteiger partial charge in [0.2, 0.25) is 0 Å². The summed E-state index contributed by atoms with van der Waals surface area (Å²) in [5.41, 5.74) is 11.7. The van der Waals surface area contributed by atoms with E-state index in [1.54, 1.807) is 6.20 Å². The van der Waals surface area contributed by atoms with Crippen LogP contribution in [-0.4, -0.2) is 9.97 Å². The van der Waals surface area contributed by atoms with E-state index in [9.17, 15) is 4.79 Å². The lowest BCUT2D eigenvalue weighted by atomic mass is 9.61. The van der Waals surface area contributed by atoms with Gasteiger partial charge in [-0.25, -0.2) is 0 Å². The molecule has 4 aromatic carbocycles. The Morgan fingerprint density at radius 3 is 2.12 bits per heavy atom. The van der Waals surface area contributed by atoms with Crippen LogP contribution in [0.1, 0.15) is 55.7 Å². The maximum atomic E-state index is 13.0. The van der Waals surface area contributed by atoms with Crippen molar-refractivity contribution in [3.8, 4) is 33.5 Å². The zero-order chi connectivity index (χ0) is 29.2. The number of aromatic amines is 2. The molecule has 1 saturated carbocycles. The van der Waals surface area contributed by atoms with Gasteiger partial charge in [-0.3, -0.25) is 4.79 Å². The average molecular weight is 563 g/mol. The number of fused-ring (bicyclic) bond motifs is 1. The van der Waals surface area contributed by atoms with E-state index in [1.165, 1.54) is 58.9 Å². The molecule has 214 valence electrons. The molecule has 2 N–H and O–H groups in total. The van der Waals surface area contributed by atoms with Gasteiger partial charge in [-0.1, -0.05) is 105 Å². The Bertz CT molecular complexity index is 1920. The number of hydrogen-bond acceptors (Lipinski definition) is 1. The highest BCUT2D eigenvalue weighted by molar-refractivity contribution is 6.04. The molecule has 1 fully saturated rings. The Balaban J connectivity index is 1.32. The molecule has 7 rings (SSSR count). The van der Waals surface area contributed by atoms with Gasteiger partial charge in [0.05, 0.1) is 11.3 Å². The fourth-order valence-corrected chi connectivity index (χ4v) is 7.08. The summed E-state index contributed by atoms with van der Waals surface area (Å²) < 4.78 is 0. The fraction of sp³-hybridized carbons (Fsp3) is 0.225. The van der Waals surface area contributed by atoms with Gasteiger partial charge in [0, 0.05) is 22.7 Å². The highest BCUT2D eigenvalue weighted by Crippen LogP contribution is 2.49. The molecule has 0 unspecified atom stereocenters. The third kappa shape index (κ3) is 5.14. The number of H-pyrrole nitrogens is 2. The number of nitrogens with one attached hydrogen (secondary N) is 2. The van der Waals surface area contributed by atoms with Crippen LogP contribution < -0.4 is 5.56 Å². The van der Waals surface area contributed by atoms with Crippen LogP contribution in [0.25, 0.3) is 44.4 Å². The smallest absolute Gasteiger partial charge is 0.257 e. The minimum Gasteiger partial charge on any atom is -0.354 e. The number of hydrogen-bond donors (Lipinski definition) is 2. The zero-order valence-electron chi connectivity index (χ0n) is 24.8.